The first kappa shape index (κ1) is 14.4. The predicted octanol–water partition coefficient (Wildman–Crippen LogP) is 3.28. The van der Waals surface area contributed by atoms with E-state index in [1.54, 1.807) is 0 Å². The molecule has 0 aliphatic rings. The fourth-order valence-electron chi connectivity index (χ4n) is 2.83. The van der Waals surface area contributed by atoms with Gasteiger partial charge in [0, 0.05) is 6.54 Å². The molecule has 2 aromatic carbocycles. The van der Waals surface area contributed by atoms with Crippen molar-refractivity contribution in [2.24, 2.45) is 0 Å². The number of anilines is 1. The van der Waals surface area contributed by atoms with Crippen LogP contribution in [0.5, 0.6) is 0 Å². The van der Waals surface area contributed by atoms with Crippen molar-refractivity contribution in [3.63, 3.8) is 0 Å². The fraction of sp³-hybridized carbons (Fsp3) is 0.167. The summed E-state index contributed by atoms with van der Waals surface area (Å²) in [4.78, 5) is 4.67. The molecule has 0 amide bonds. The smallest absolute Gasteiger partial charge is 0.199 e. The van der Waals surface area contributed by atoms with Gasteiger partial charge in [-0.2, -0.15) is 0 Å². The molecule has 2 aromatic heterocycles. The Kier molecular flexibility index (Phi) is 3.49. The van der Waals surface area contributed by atoms with Crippen molar-refractivity contribution in [2.45, 2.75) is 19.9 Å². The average molecular weight is 319 g/mol. The van der Waals surface area contributed by atoms with Gasteiger partial charge < -0.3 is 10.3 Å². The maximum atomic E-state index is 5.87. The van der Waals surface area contributed by atoms with Crippen LogP contribution in [0.4, 0.5) is 5.82 Å². The van der Waals surface area contributed by atoms with Crippen LogP contribution in [0.2, 0.25) is 0 Å². The molecule has 0 fully saturated rings. The first-order chi connectivity index (χ1) is 11.8. The second-order valence-electron chi connectivity index (χ2n) is 5.68. The average Bonchev–Trinajstić information content (AvgIpc) is 3.19. The maximum absolute atomic E-state index is 5.87. The summed E-state index contributed by atoms with van der Waals surface area (Å²) >= 11 is 0. The largest absolute Gasteiger partial charge is 0.379 e. The summed E-state index contributed by atoms with van der Waals surface area (Å²) in [5, 5.41) is 7.59. The number of aromatic nitrogens is 4. The van der Waals surface area contributed by atoms with E-state index >= 15 is 0 Å². The van der Waals surface area contributed by atoms with E-state index in [0.717, 1.165) is 17.5 Å². The predicted molar refractivity (Wildman–Crippen MR) is 92.4 cm³/mol. The van der Waals surface area contributed by atoms with Crippen molar-refractivity contribution in [3.05, 3.63) is 59.7 Å². The summed E-state index contributed by atoms with van der Waals surface area (Å²) in [7, 11) is 0. The third kappa shape index (κ3) is 2.42. The minimum absolute atomic E-state index is 0.243. The molecule has 120 valence electrons. The lowest BCUT2D eigenvalue weighted by Crippen LogP contribution is -2.04. The first-order valence-electron chi connectivity index (χ1n) is 7.87. The van der Waals surface area contributed by atoms with Crippen molar-refractivity contribution < 1.29 is 4.63 Å². The van der Waals surface area contributed by atoms with E-state index in [1.165, 1.54) is 11.1 Å². The first-order valence-corrected chi connectivity index (χ1v) is 7.87. The third-order valence-corrected chi connectivity index (χ3v) is 4.15. The van der Waals surface area contributed by atoms with Crippen LogP contribution in [0.15, 0.2) is 53.2 Å². The molecule has 0 bridgehead atoms. The fourth-order valence-corrected chi connectivity index (χ4v) is 2.83. The molecular formula is C18H17N5O. The highest BCUT2D eigenvalue weighted by Gasteiger charge is 2.19. The molecule has 0 radical (unpaired) electrons. The highest BCUT2D eigenvalue weighted by Crippen LogP contribution is 2.27. The SMILES string of the molecule is CCc1ccc(Cn2c(-c3nonc3N)nc3ccccc32)cc1. The number of imidazole rings is 1. The van der Waals surface area contributed by atoms with Crippen LogP contribution >= 0.6 is 0 Å². The summed E-state index contributed by atoms with van der Waals surface area (Å²) in [5.41, 5.74) is 10.8. The van der Waals surface area contributed by atoms with Gasteiger partial charge in [0.15, 0.2) is 17.3 Å². The number of benzene rings is 2. The Hall–Kier alpha value is -3.15. The molecule has 24 heavy (non-hydrogen) atoms. The number of fused-ring (bicyclic) bond motifs is 1. The van der Waals surface area contributed by atoms with E-state index in [9.17, 15) is 0 Å². The number of para-hydroxylation sites is 2. The zero-order valence-corrected chi connectivity index (χ0v) is 13.3. The number of nitrogens with two attached hydrogens (primary N) is 1. The third-order valence-electron chi connectivity index (χ3n) is 4.15. The van der Waals surface area contributed by atoms with Crippen LogP contribution in [0.3, 0.4) is 0 Å². The molecule has 0 aliphatic carbocycles. The van der Waals surface area contributed by atoms with Gasteiger partial charge in [-0.3, -0.25) is 0 Å². The van der Waals surface area contributed by atoms with E-state index in [2.05, 4.69) is 51.1 Å². The Bertz CT molecular complexity index is 984. The lowest BCUT2D eigenvalue weighted by Gasteiger charge is -2.09. The number of aryl methyl sites for hydroxylation is 1. The molecule has 0 saturated carbocycles. The number of rotatable bonds is 4. The minimum atomic E-state index is 0.243. The van der Waals surface area contributed by atoms with Crippen LogP contribution < -0.4 is 5.73 Å². The molecule has 2 heterocycles. The van der Waals surface area contributed by atoms with E-state index in [0.29, 0.717) is 18.1 Å². The van der Waals surface area contributed by atoms with E-state index in [1.807, 2.05) is 24.3 Å². The second kappa shape index (κ2) is 5.81. The van der Waals surface area contributed by atoms with Gasteiger partial charge in [0.2, 0.25) is 0 Å². The van der Waals surface area contributed by atoms with E-state index in [4.69, 9.17) is 10.4 Å². The van der Waals surface area contributed by atoms with Crippen molar-refractivity contribution >= 4 is 16.9 Å². The zero-order valence-electron chi connectivity index (χ0n) is 13.3. The minimum Gasteiger partial charge on any atom is -0.379 e. The Balaban J connectivity index is 1.84. The summed E-state index contributed by atoms with van der Waals surface area (Å²) in [6, 6.07) is 16.6. The molecule has 0 spiro atoms. The van der Waals surface area contributed by atoms with Gasteiger partial charge >= 0.3 is 0 Å². The zero-order chi connectivity index (χ0) is 16.5. The molecule has 6 nitrogen and oxygen atoms in total. The summed E-state index contributed by atoms with van der Waals surface area (Å²) in [5.74, 6) is 0.905. The van der Waals surface area contributed by atoms with Crippen LogP contribution in [0, 0.1) is 0 Å². The van der Waals surface area contributed by atoms with E-state index < -0.39 is 0 Å². The van der Waals surface area contributed by atoms with Gasteiger partial charge in [-0.1, -0.05) is 43.3 Å². The molecule has 6 heteroatoms. The van der Waals surface area contributed by atoms with Gasteiger partial charge in [-0.15, -0.1) is 0 Å². The lowest BCUT2D eigenvalue weighted by molar-refractivity contribution is 0.310. The van der Waals surface area contributed by atoms with Crippen LogP contribution in [-0.4, -0.2) is 19.9 Å². The number of hydrogen-bond acceptors (Lipinski definition) is 5. The standard InChI is InChI=1S/C18H17N5O/c1-2-12-7-9-13(10-8-12)11-23-15-6-4-3-5-14(15)20-18(23)16-17(19)22-24-21-16/h3-10H,2,11H2,1H3,(H2,19,22). The maximum Gasteiger partial charge on any atom is 0.199 e. The Labute approximate surface area is 138 Å². The summed E-state index contributed by atoms with van der Waals surface area (Å²) < 4.78 is 6.84. The molecule has 2 N–H and O–H groups in total. The molecule has 0 unspecified atom stereocenters. The molecule has 0 aliphatic heterocycles. The number of hydrogen-bond donors (Lipinski definition) is 1. The van der Waals surface area contributed by atoms with E-state index in [-0.39, 0.29) is 5.82 Å². The Morgan fingerprint density at radius 2 is 1.75 bits per heavy atom. The van der Waals surface area contributed by atoms with Gasteiger partial charge in [-0.25, -0.2) is 9.61 Å². The molecule has 4 rings (SSSR count). The molecule has 0 atom stereocenters. The number of nitrogens with zero attached hydrogens (tertiary/aromatic N) is 4. The van der Waals surface area contributed by atoms with Gasteiger partial charge in [-0.05, 0) is 40.0 Å². The van der Waals surface area contributed by atoms with Crippen molar-refractivity contribution in [3.8, 4) is 11.5 Å². The van der Waals surface area contributed by atoms with Crippen LogP contribution in [0.1, 0.15) is 18.1 Å². The highest BCUT2D eigenvalue weighted by atomic mass is 16.6. The molecule has 0 saturated heterocycles. The van der Waals surface area contributed by atoms with Crippen LogP contribution in [0.25, 0.3) is 22.6 Å². The Morgan fingerprint density at radius 3 is 2.46 bits per heavy atom. The van der Waals surface area contributed by atoms with Gasteiger partial charge in [0.1, 0.15) is 0 Å². The van der Waals surface area contributed by atoms with Crippen molar-refractivity contribution in [1.29, 1.82) is 0 Å². The summed E-state index contributed by atoms with van der Waals surface area (Å²) in [6.07, 6.45) is 1.03. The number of nitrogen functional groups attached to an aromatic ring is 1. The Morgan fingerprint density at radius 1 is 1.00 bits per heavy atom. The monoisotopic (exact) mass is 319 g/mol. The molecular weight excluding hydrogens is 302 g/mol. The lowest BCUT2D eigenvalue weighted by atomic mass is 10.1. The van der Waals surface area contributed by atoms with Gasteiger partial charge in [0.25, 0.3) is 0 Å². The quantitative estimate of drug-likeness (QED) is 0.624. The van der Waals surface area contributed by atoms with Gasteiger partial charge in [0.05, 0.1) is 11.0 Å². The topological polar surface area (TPSA) is 82.8 Å². The highest BCUT2D eigenvalue weighted by molar-refractivity contribution is 5.81. The van der Waals surface area contributed by atoms with Crippen molar-refractivity contribution in [2.75, 3.05) is 5.73 Å². The summed E-state index contributed by atoms with van der Waals surface area (Å²) in [6.45, 7) is 2.82. The normalized spacial score (nSPS) is 11.2. The van der Waals surface area contributed by atoms with Crippen molar-refractivity contribution in [1.82, 2.24) is 19.9 Å². The van der Waals surface area contributed by atoms with Crippen LogP contribution in [-0.2, 0) is 13.0 Å². The second-order valence-corrected chi connectivity index (χ2v) is 5.68. The molecule has 4 aromatic rings.